The van der Waals surface area contributed by atoms with Gasteiger partial charge in [-0.2, -0.15) is 0 Å². The van der Waals surface area contributed by atoms with E-state index < -0.39 is 5.97 Å². The monoisotopic (exact) mass is 328 g/mol. The van der Waals surface area contributed by atoms with Crippen molar-refractivity contribution in [2.75, 3.05) is 0 Å². The van der Waals surface area contributed by atoms with E-state index in [1.807, 2.05) is 18.5 Å². The van der Waals surface area contributed by atoms with E-state index in [0.29, 0.717) is 18.3 Å². The molecule has 4 heteroatoms. The Hall–Kier alpha value is -1.81. The van der Waals surface area contributed by atoms with E-state index in [2.05, 4.69) is 23.5 Å². The van der Waals surface area contributed by atoms with Gasteiger partial charge < -0.3 is 15.0 Å². The molecule has 3 rings (SSSR count). The number of rotatable bonds is 4. The number of fused-ring (bicyclic) bond motifs is 1. The molecule has 0 saturated heterocycles. The molecule has 1 aromatic carbocycles. The summed E-state index contributed by atoms with van der Waals surface area (Å²) in [6.07, 6.45) is 8.96. The Kier molecular flexibility index (Phi) is 5.24. The van der Waals surface area contributed by atoms with E-state index in [1.54, 1.807) is 0 Å². The van der Waals surface area contributed by atoms with Crippen molar-refractivity contribution >= 4 is 16.9 Å². The van der Waals surface area contributed by atoms with Gasteiger partial charge in [-0.3, -0.25) is 0 Å². The van der Waals surface area contributed by atoms with Crippen LogP contribution in [-0.2, 0) is 13.6 Å². The molecule has 4 nitrogen and oxygen atoms in total. The number of carboxylic acids is 1. The first-order valence-electron chi connectivity index (χ1n) is 9.12. The lowest BCUT2D eigenvalue weighted by atomic mass is 9.96. The Bertz CT molecular complexity index is 725. The van der Waals surface area contributed by atoms with Gasteiger partial charge in [-0.05, 0) is 31.4 Å². The highest BCUT2D eigenvalue weighted by Gasteiger charge is 2.21. The highest BCUT2D eigenvalue weighted by molar-refractivity contribution is 5.98. The van der Waals surface area contributed by atoms with Crippen LogP contribution in [0.5, 0.6) is 0 Å². The number of nitrogens with one attached hydrogen (secondary N) is 1. The first-order chi connectivity index (χ1) is 11.6. The van der Waals surface area contributed by atoms with E-state index in [-0.39, 0.29) is 0 Å². The van der Waals surface area contributed by atoms with E-state index in [0.717, 1.165) is 22.0 Å². The van der Waals surface area contributed by atoms with Crippen molar-refractivity contribution in [1.29, 1.82) is 0 Å². The van der Waals surface area contributed by atoms with Crippen molar-refractivity contribution < 1.29 is 9.90 Å². The summed E-state index contributed by atoms with van der Waals surface area (Å²) < 4.78 is 1.82. The maximum atomic E-state index is 11.8. The van der Waals surface area contributed by atoms with Crippen molar-refractivity contribution in [3.05, 3.63) is 35.0 Å². The summed E-state index contributed by atoms with van der Waals surface area (Å²) in [6.45, 7) is 2.67. The molecule has 1 aliphatic carbocycles. The maximum Gasteiger partial charge on any atom is 0.352 e. The van der Waals surface area contributed by atoms with Crippen molar-refractivity contribution in [2.24, 2.45) is 7.05 Å². The Morgan fingerprint density at radius 3 is 2.54 bits per heavy atom. The Morgan fingerprint density at radius 2 is 1.88 bits per heavy atom. The zero-order valence-corrected chi connectivity index (χ0v) is 14.8. The summed E-state index contributed by atoms with van der Waals surface area (Å²) in [7, 11) is 1.85. The molecule has 0 atom stereocenters. The fourth-order valence-electron chi connectivity index (χ4n) is 3.98. The summed E-state index contributed by atoms with van der Waals surface area (Å²) in [6, 6.07) is 6.70. The second-order valence-electron chi connectivity index (χ2n) is 7.13. The SMILES string of the molecule is Cc1ccc2c(CNC3CCCCCCC3)c(C(=O)O)n(C)c2c1. The lowest BCUT2D eigenvalue weighted by molar-refractivity contribution is 0.0685. The first kappa shape index (κ1) is 17.0. The fourth-order valence-corrected chi connectivity index (χ4v) is 3.98. The number of carboxylic acid groups (broad SMARTS) is 1. The van der Waals surface area contributed by atoms with Crippen molar-refractivity contribution in [2.45, 2.75) is 64.5 Å². The predicted molar refractivity (Wildman–Crippen MR) is 97.6 cm³/mol. The van der Waals surface area contributed by atoms with Crippen molar-refractivity contribution in [3.8, 4) is 0 Å². The minimum Gasteiger partial charge on any atom is -0.477 e. The van der Waals surface area contributed by atoms with Crippen LogP contribution < -0.4 is 5.32 Å². The predicted octanol–water partition coefficient (Wildman–Crippen LogP) is 4.39. The number of aryl methyl sites for hydroxylation is 2. The second-order valence-corrected chi connectivity index (χ2v) is 7.13. The zero-order chi connectivity index (χ0) is 17.1. The van der Waals surface area contributed by atoms with Crippen molar-refractivity contribution in [1.82, 2.24) is 9.88 Å². The third kappa shape index (κ3) is 3.48. The molecule has 0 amide bonds. The molecule has 130 valence electrons. The summed E-state index contributed by atoms with van der Waals surface area (Å²) in [5, 5.41) is 14.4. The topological polar surface area (TPSA) is 54.3 Å². The third-order valence-electron chi connectivity index (χ3n) is 5.34. The van der Waals surface area contributed by atoms with Gasteiger partial charge in [0.15, 0.2) is 0 Å². The van der Waals surface area contributed by atoms with Crippen molar-refractivity contribution in [3.63, 3.8) is 0 Å². The van der Waals surface area contributed by atoms with Gasteiger partial charge in [-0.15, -0.1) is 0 Å². The average molecular weight is 328 g/mol. The van der Waals surface area contributed by atoms with E-state index in [4.69, 9.17) is 0 Å². The molecule has 0 aliphatic heterocycles. The number of benzene rings is 1. The Balaban J connectivity index is 1.87. The smallest absolute Gasteiger partial charge is 0.352 e. The van der Waals surface area contributed by atoms with Gasteiger partial charge in [0.2, 0.25) is 0 Å². The molecule has 0 bridgehead atoms. The van der Waals surface area contributed by atoms with Gasteiger partial charge >= 0.3 is 5.97 Å². The lowest BCUT2D eigenvalue weighted by Crippen LogP contribution is -2.29. The minimum atomic E-state index is -0.846. The number of aromatic carboxylic acids is 1. The van der Waals surface area contributed by atoms with Crippen LogP contribution in [-0.4, -0.2) is 21.7 Å². The fraction of sp³-hybridized carbons (Fsp3) is 0.550. The van der Waals surface area contributed by atoms with Crippen LogP contribution in [0.2, 0.25) is 0 Å². The van der Waals surface area contributed by atoms with Crippen LogP contribution in [0.25, 0.3) is 10.9 Å². The number of nitrogens with zero attached hydrogens (tertiary/aromatic N) is 1. The minimum absolute atomic E-state index is 0.411. The van der Waals surface area contributed by atoms with E-state index in [9.17, 15) is 9.90 Å². The molecular weight excluding hydrogens is 300 g/mol. The largest absolute Gasteiger partial charge is 0.477 e. The van der Waals surface area contributed by atoms with Crippen LogP contribution in [0.4, 0.5) is 0 Å². The second kappa shape index (κ2) is 7.39. The van der Waals surface area contributed by atoms with Gasteiger partial charge in [-0.1, -0.05) is 44.2 Å². The molecule has 2 N–H and O–H groups in total. The molecule has 2 aromatic rings. The van der Waals surface area contributed by atoms with Gasteiger partial charge in [-0.25, -0.2) is 4.79 Å². The maximum absolute atomic E-state index is 11.8. The van der Waals surface area contributed by atoms with Gasteiger partial charge in [0, 0.05) is 36.1 Å². The highest BCUT2D eigenvalue weighted by atomic mass is 16.4. The van der Waals surface area contributed by atoms with Gasteiger partial charge in [0.25, 0.3) is 0 Å². The molecule has 24 heavy (non-hydrogen) atoms. The molecule has 0 unspecified atom stereocenters. The van der Waals surface area contributed by atoms with Gasteiger partial charge in [0.05, 0.1) is 0 Å². The zero-order valence-electron chi connectivity index (χ0n) is 14.8. The number of carbonyl (C=O) groups is 1. The molecular formula is C20H28N2O2. The normalized spacial score (nSPS) is 16.9. The summed E-state index contributed by atoms with van der Waals surface area (Å²) in [5.41, 5.74) is 3.48. The van der Waals surface area contributed by atoms with Crippen LogP contribution in [0.15, 0.2) is 18.2 Å². The van der Waals surface area contributed by atoms with Gasteiger partial charge in [0.1, 0.15) is 5.69 Å². The van der Waals surface area contributed by atoms with E-state index in [1.165, 1.54) is 44.9 Å². The number of hydrogen-bond donors (Lipinski definition) is 2. The van der Waals surface area contributed by atoms with E-state index >= 15 is 0 Å². The Labute approximate surface area is 143 Å². The molecule has 1 saturated carbocycles. The molecule has 1 aliphatic rings. The summed E-state index contributed by atoms with van der Waals surface area (Å²) in [5.74, 6) is -0.846. The standard InChI is InChI=1S/C20H28N2O2/c1-14-10-11-16-17(19(20(23)24)22(2)18(16)12-14)13-21-15-8-6-4-3-5-7-9-15/h10-12,15,21H,3-9,13H2,1-2H3,(H,23,24). The number of aromatic nitrogens is 1. The van der Waals surface area contributed by atoms with Crippen LogP contribution in [0.3, 0.4) is 0 Å². The average Bonchev–Trinajstić information content (AvgIpc) is 2.78. The molecule has 1 aromatic heterocycles. The highest BCUT2D eigenvalue weighted by Crippen LogP contribution is 2.27. The van der Waals surface area contributed by atoms with Crippen LogP contribution in [0, 0.1) is 6.92 Å². The molecule has 0 spiro atoms. The molecule has 1 heterocycles. The molecule has 1 fully saturated rings. The number of hydrogen-bond acceptors (Lipinski definition) is 2. The first-order valence-corrected chi connectivity index (χ1v) is 9.12. The van der Waals surface area contributed by atoms with Crippen LogP contribution >= 0.6 is 0 Å². The lowest BCUT2D eigenvalue weighted by Gasteiger charge is -2.21. The third-order valence-corrected chi connectivity index (χ3v) is 5.34. The summed E-state index contributed by atoms with van der Waals surface area (Å²) >= 11 is 0. The quantitative estimate of drug-likeness (QED) is 0.875. The Morgan fingerprint density at radius 1 is 1.21 bits per heavy atom. The summed E-state index contributed by atoms with van der Waals surface area (Å²) in [4.78, 5) is 11.8. The van der Waals surface area contributed by atoms with Crippen LogP contribution in [0.1, 0.15) is 66.6 Å². The molecule has 0 radical (unpaired) electrons.